The second-order valence-electron chi connectivity index (χ2n) is 5.36. The molecule has 0 aliphatic carbocycles. The van der Waals surface area contributed by atoms with Crippen molar-refractivity contribution in [3.63, 3.8) is 0 Å². The number of rotatable bonds is 6. The van der Waals surface area contributed by atoms with Crippen LogP contribution in [0.2, 0.25) is 0 Å². The third-order valence-electron chi connectivity index (χ3n) is 3.73. The minimum atomic E-state index is -3.62. The van der Waals surface area contributed by atoms with Crippen LogP contribution in [0.3, 0.4) is 0 Å². The van der Waals surface area contributed by atoms with E-state index in [9.17, 15) is 13.2 Å². The Bertz CT molecular complexity index is 616. The molecule has 1 aliphatic heterocycles. The molecule has 6 nitrogen and oxygen atoms in total. The molecular formula is C15H24ClN3O3S. The van der Waals surface area contributed by atoms with Crippen molar-refractivity contribution in [2.75, 3.05) is 26.2 Å². The van der Waals surface area contributed by atoms with E-state index in [1.807, 2.05) is 0 Å². The Morgan fingerprint density at radius 3 is 2.48 bits per heavy atom. The predicted molar refractivity (Wildman–Crippen MR) is 92.3 cm³/mol. The van der Waals surface area contributed by atoms with Gasteiger partial charge in [-0.05, 0) is 37.9 Å². The van der Waals surface area contributed by atoms with E-state index in [0.717, 1.165) is 19.3 Å². The van der Waals surface area contributed by atoms with Crippen LogP contribution in [0, 0.1) is 0 Å². The van der Waals surface area contributed by atoms with E-state index in [-0.39, 0.29) is 28.8 Å². The van der Waals surface area contributed by atoms with Crippen molar-refractivity contribution in [3.05, 3.63) is 29.8 Å². The molecule has 1 saturated heterocycles. The van der Waals surface area contributed by atoms with Crippen LogP contribution in [0.1, 0.15) is 36.0 Å². The molecule has 0 atom stereocenters. The molecule has 3 N–H and O–H groups in total. The lowest BCUT2D eigenvalue weighted by atomic mass is 10.2. The van der Waals surface area contributed by atoms with Crippen LogP contribution in [0.5, 0.6) is 0 Å². The summed E-state index contributed by atoms with van der Waals surface area (Å²) in [6.45, 7) is 1.96. The summed E-state index contributed by atoms with van der Waals surface area (Å²) in [6.07, 6.45) is 3.44. The molecule has 8 heteroatoms. The Labute approximate surface area is 143 Å². The maximum absolute atomic E-state index is 12.8. The van der Waals surface area contributed by atoms with Gasteiger partial charge in [-0.15, -0.1) is 12.4 Å². The number of sulfonamides is 1. The molecule has 0 unspecified atom stereocenters. The highest BCUT2D eigenvalue weighted by atomic mass is 35.5. The Morgan fingerprint density at radius 1 is 1.17 bits per heavy atom. The van der Waals surface area contributed by atoms with Crippen molar-refractivity contribution < 1.29 is 13.2 Å². The summed E-state index contributed by atoms with van der Waals surface area (Å²) in [6, 6.07) is 6.37. The van der Waals surface area contributed by atoms with E-state index in [1.54, 1.807) is 18.2 Å². The van der Waals surface area contributed by atoms with Crippen LogP contribution in [0.25, 0.3) is 0 Å². The van der Waals surface area contributed by atoms with Crippen molar-refractivity contribution in [1.82, 2.24) is 9.62 Å². The molecule has 1 fully saturated rings. The van der Waals surface area contributed by atoms with Gasteiger partial charge >= 0.3 is 0 Å². The lowest BCUT2D eigenvalue weighted by Gasteiger charge is -2.26. The third-order valence-corrected chi connectivity index (χ3v) is 5.69. The summed E-state index contributed by atoms with van der Waals surface area (Å²) in [4.78, 5) is 12.3. The van der Waals surface area contributed by atoms with Crippen LogP contribution in [-0.4, -0.2) is 44.8 Å². The van der Waals surface area contributed by atoms with Crippen LogP contribution in [0.15, 0.2) is 29.2 Å². The van der Waals surface area contributed by atoms with Crippen LogP contribution in [-0.2, 0) is 10.0 Å². The third kappa shape index (κ3) is 4.91. The maximum atomic E-state index is 12.8. The van der Waals surface area contributed by atoms with Gasteiger partial charge in [-0.1, -0.05) is 18.6 Å². The topological polar surface area (TPSA) is 92.5 Å². The first-order valence-corrected chi connectivity index (χ1v) is 9.09. The number of benzene rings is 1. The van der Waals surface area contributed by atoms with E-state index in [1.165, 1.54) is 10.4 Å². The van der Waals surface area contributed by atoms with E-state index >= 15 is 0 Å². The highest BCUT2D eigenvalue weighted by molar-refractivity contribution is 7.89. The normalized spacial score (nSPS) is 15.7. The number of carbonyl (C=O) groups is 1. The molecule has 1 aromatic rings. The second-order valence-corrected chi connectivity index (χ2v) is 7.27. The van der Waals surface area contributed by atoms with Gasteiger partial charge in [0.25, 0.3) is 5.91 Å². The lowest BCUT2D eigenvalue weighted by molar-refractivity contribution is 0.0950. The number of carbonyl (C=O) groups excluding carboxylic acids is 1. The second kappa shape index (κ2) is 9.22. The van der Waals surface area contributed by atoms with Gasteiger partial charge in [0.1, 0.15) is 0 Å². The van der Waals surface area contributed by atoms with E-state index in [0.29, 0.717) is 32.6 Å². The van der Waals surface area contributed by atoms with Crippen molar-refractivity contribution in [1.29, 1.82) is 0 Å². The average molecular weight is 362 g/mol. The Hall–Kier alpha value is -1.15. The van der Waals surface area contributed by atoms with Gasteiger partial charge in [0.2, 0.25) is 10.0 Å². The number of piperidine rings is 1. The molecule has 1 heterocycles. The Kier molecular flexibility index (Phi) is 7.98. The molecule has 1 aromatic carbocycles. The molecule has 0 spiro atoms. The number of nitrogens with one attached hydrogen (secondary N) is 1. The zero-order valence-corrected chi connectivity index (χ0v) is 14.7. The van der Waals surface area contributed by atoms with Crippen LogP contribution in [0.4, 0.5) is 0 Å². The number of hydrogen-bond donors (Lipinski definition) is 2. The van der Waals surface area contributed by atoms with Crippen molar-refractivity contribution >= 4 is 28.3 Å². The molecule has 2 rings (SSSR count). The molecule has 0 radical (unpaired) electrons. The Balaban J connectivity index is 0.00000264. The van der Waals surface area contributed by atoms with E-state index < -0.39 is 10.0 Å². The molecular weight excluding hydrogens is 338 g/mol. The summed E-state index contributed by atoms with van der Waals surface area (Å²) in [7, 11) is -3.62. The molecule has 1 amide bonds. The highest BCUT2D eigenvalue weighted by Crippen LogP contribution is 2.23. The first kappa shape index (κ1) is 19.9. The standard InChI is InChI=1S/C15H23N3O3S.ClH/c16-9-6-10-17-15(19)13-7-2-3-8-14(13)22(20,21)18-11-4-1-5-12-18;/h2-3,7-8H,1,4-6,9-12,16H2,(H,17,19);1H. The summed E-state index contributed by atoms with van der Waals surface area (Å²) in [5, 5.41) is 2.71. The molecule has 130 valence electrons. The highest BCUT2D eigenvalue weighted by Gasteiger charge is 2.29. The summed E-state index contributed by atoms with van der Waals surface area (Å²) in [5.74, 6) is -0.371. The van der Waals surface area contributed by atoms with Crippen LogP contribution < -0.4 is 11.1 Å². The maximum Gasteiger partial charge on any atom is 0.252 e. The number of hydrogen-bond acceptors (Lipinski definition) is 4. The minimum absolute atomic E-state index is 0. The summed E-state index contributed by atoms with van der Waals surface area (Å²) < 4.78 is 27.0. The predicted octanol–water partition coefficient (Wildman–Crippen LogP) is 1.36. The number of nitrogens with zero attached hydrogens (tertiary/aromatic N) is 1. The summed E-state index contributed by atoms with van der Waals surface area (Å²) in [5.41, 5.74) is 5.60. The fourth-order valence-electron chi connectivity index (χ4n) is 2.52. The molecule has 23 heavy (non-hydrogen) atoms. The van der Waals surface area contributed by atoms with Gasteiger partial charge in [-0.25, -0.2) is 8.42 Å². The zero-order valence-electron chi connectivity index (χ0n) is 13.0. The molecule has 0 saturated carbocycles. The number of nitrogens with two attached hydrogens (primary N) is 1. The fourth-order valence-corrected chi connectivity index (χ4v) is 4.23. The van der Waals surface area contributed by atoms with Gasteiger partial charge in [-0.3, -0.25) is 4.79 Å². The first-order valence-electron chi connectivity index (χ1n) is 7.65. The van der Waals surface area contributed by atoms with E-state index in [4.69, 9.17) is 5.73 Å². The smallest absolute Gasteiger partial charge is 0.252 e. The zero-order chi connectivity index (χ0) is 16.0. The van der Waals surface area contributed by atoms with Gasteiger partial charge in [-0.2, -0.15) is 4.31 Å². The fraction of sp³-hybridized carbons (Fsp3) is 0.533. The van der Waals surface area contributed by atoms with Crippen LogP contribution >= 0.6 is 12.4 Å². The average Bonchev–Trinajstić information content (AvgIpc) is 2.56. The SMILES string of the molecule is Cl.NCCCNC(=O)c1ccccc1S(=O)(=O)N1CCCCC1. The van der Waals surface area contributed by atoms with Gasteiger partial charge in [0, 0.05) is 19.6 Å². The first-order chi connectivity index (χ1) is 10.6. The molecule has 0 aromatic heterocycles. The van der Waals surface area contributed by atoms with Gasteiger partial charge in [0.05, 0.1) is 10.5 Å². The van der Waals surface area contributed by atoms with Crippen molar-refractivity contribution in [3.8, 4) is 0 Å². The monoisotopic (exact) mass is 361 g/mol. The number of halogens is 1. The van der Waals surface area contributed by atoms with Crippen molar-refractivity contribution in [2.45, 2.75) is 30.6 Å². The minimum Gasteiger partial charge on any atom is -0.352 e. The van der Waals surface area contributed by atoms with Gasteiger partial charge < -0.3 is 11.1 Å². The molecule has 0 bridgehead atoms. The van der Waals surface area contributed by atoms with Gasteiger partial charge in [0.15, 0.2) is 0 Å². The molecule has 1 aliphatic rings. The van der Waals surface area contributed by atoms with Crippen molar-refractivity contribution in [2.24, 2.45) is 5.73 Å². The lowest BCUT2D eigenvalue weighted by Crippen LogP contribution is -2.37. The number of amides is 1. The quantitative estimate of drug-likeness (QED) is 0.748. The summed E-state index contributed by atoms with van der Waals surface area (Å²) >= 11 is 0. The largest absolute Gasteiger partial charge is 0.352 e. The van der Waals surface area contributed by atoms with E-state index in [2.05, 4.69) is 5.32 Å². The Morgan fingerprint density at radius 2 is 1.83 bits per heavy atom.